The second-order valence-corrected chi connectivity index (χ2v) is 9.99. The molecule has 0 saturated carbocycles. The summed E-state index contributed by atoms with van der Waals surface area (Å²) in [7, 11) is 0. The fraction of sp³-hybridized carbons (Fsp3) is 0.520. The van der Waals surface area contributed by atoms with Gasteiger partial charge in [-0.1, -0.05) is 36.4 Å². The molecule has 2 saturated heterocycles. The number of piperidine rings is 1. The van der Waals surface area contributed by atoms with Crippen molar-refractivity contribution in [2.45, 2.75) is 56.5 Å². The van der Waals surface area contributed by atoms with Gasteiger partial charge in [0.1, 0.15) is 0 Å². The third-order valence-corrected chi connectivity index (χ3v) is 6.99. The zero-order valence-electron chi connectivity index (χ0n) is 18.9. The minimum Gasteiger partial charge on any atom is -0.447 e. The van der Waals surface area contributed by atoms with Crippen LogP contribution in [0, 0.1) is 0 Å². The molecule has 2 fully saturated rings. The maximum atomic E-state index is 12.9. The Morgan fingerprint density at radius 3 is 2.75 bits per heavy atom. The summed E-state index contributed by atoms with van der Waals surface area (Å²) >= 11 is 1.90. The molecule has 2 aliphatic rings. The van der Waals surface area contributed by atoms with Gasteiger partial charge in [-0.05, 0) is 38.8 Å². The van der Waals surface area contributed by atoms with Gasteiger partial charge in [-0.3, -0.25) is 4.98 Å². The molecule has 32 heavy (non-hydrogen) atoms. The molecule has 2 unspecified atom stereocenters. The number of hydrogen-bond donors (Lipinski definition) is 1. The molecule has 0 aliphatic carbocycles. The quantitative estimate of drug-likeness (QED) is 0.597. The van der Waals surface area contributed by atoms with E-state index in [9.17, 15) is 4.79 Å². The number of carbonyl (C=O) groups excluding carboxylic acids is 1. The summed E-state index contributed by atoms with van der Waals surface area (Å²) in [6.45, 7) is 6.19. The van der Waals surface area contributed by atoms with E-state index in [-0.39, 0.29) is 24.3 Å². The summed E-state index contributed by atoms with van der Waals surface area (Å²) in [4.78, 5) is 19.8. The number of pyridine rings is 1. The highest BCUT2D eigenvalue weighted by Gasteiger charge is 2.36. The Labute approximate surface area is 195 Å². The first-order chi connectivity index (χ1) is 15.6. The fourth-order valence-electron chi connectivity index (χ4n) is 4.20. The van der Waals surface area contributed by atoms with Crippen LogP contribution in [0.25, 0.3) is 11.3 Å². The number of aromatic nitrogens is 1. The highest BCUT2D eigenvalue weighted by Crippen LogP contribution is 2.25. The summed E-state index contributed by atoms with van der Waals surface area (Å²) in [6.07, 6.45) is 2.34. The number of ether oxygens (including phenoxy) is 2. The van der Waals surface area contributed by atoms with Crippen LogP contribution in [0.1, 0.15) is 32.4 Å². The van der Waals surface area contributed by atoms with Crippen molar-refractivity contribution in [2.75, 3.05) is 25.6 Å². The SMILES string of the molecule is CC(C)OC(=O)N1CCCC(NCSC2COC2)C1Cc1cccc(-c2ccccc2)n1. The summed E-state index contributed by atoms with van der Waals surface area (Å²) < 4.78 is 10.9. The van der Waals surface area contributed by atoms with Crippen LogP contribution in [-0.2, 0) is 15.9 Å². The molecule has 3 heterocycles. The van der Waals surface area contributed by atoms with Crippen molar-refractivity contribution < 1.29 is 14.3 Å². The maximum Gasteiger partial charge on any atom is 0.410 e. The minimum absolute atomic E-state index is 0.00626. The highest BCUT2D eigenvalue weighted by molar-refractivity contribution is 7.99. The van der Waals surface area contributed by atoms with E-state index >= 15 is 0 Å². The molecular weight excluding hydrogens is 422 g/mol. The zero-order chi connectivity index (χ0) is 22.3. The van der Waals surface area contributed by atoms with Crippen molar-refractivity contribution >= 4 is 17.9 Å². The standard InChI is InChI=1S/C25H33N3O3S/c1-18(2)31-25(29)28-13-7-12-23(26-17-32-21-15-30-16-21)24(28)14-20-10-6-11-22(27-20)19-8-4-3-5-9-19/h3-6,8-11,18,21,23-24,26H,7,12-17H2,1-2H3. The number of hydrogen-bond acceptors (Lipinski definition) is 6. The Bertz CT molecular complexity index is 876. The predicted octanol–water partition coefficient (Wildman–Crippen LogP) is 4.35. The number of rotatable bonds is 8. The van der Waals surface area contributed by atoms with Crippen LogP contribution < -0.4 is 5.32 Å². The van der Waals surface area contributed by atoms with Crippen LogP contribution >= 0.6 is 11.8 Å². The molecule has 0 radical (unpaired) electrons. The van der Waals surface area contributed by atoms with E-state index < -0.39 is 0 Å². The second-order valence-electron chi connectivity index (χ2n) is 8.70. The molecule has 2 aliphatic heterocycles. The number of likely N-dealkylation sites (tertiary alicyclic amines) is 1. The molecule has 1 N–H and O–H groups in total. The first kappa shape index (κ1) is 23.1. The maximum absolute atomic E-state index is 12.9. The van der Waals surface area contributed by atoms with Crippen molar-refractivity contribution in [1.82, 2.24) is 15.2 Å². The average molecular weight is 456 g/mol. The van der Waals surface area contributed by atoms with Crippen LogP contribution in [0.3, 0.4) is 0 Å². The number of carbonyl (C=O) groups is 1. The monoisotopic (exact) mass is 455 g/mol. The van der Waals surface area contributed by atoms with Gasteiger partial charge in [0.15, 0.2) is 0 Å². The van der Waals surface area contributed by atoms with E-state index in [1.54, 1.807) is 0 Å². The lowest BCUT2D eigenvalue weighted by Crippen LogP contribution is -2.57. The molecule has 0 spiro atoms. The summed E-state index contributed by atoms with van der Waals surface area (Å²) in [5, 5.41) is 4.29. The number of thioether (sulfide) groups is 1. The zero-order valence-corrected chi connectivity index (χ0v) is 19.7. The molecule has 7 heteroatoms. The second kappa shape index (κ2) is 11.2. The molecule has 0 bridgehead atoms. The highest BCUT2D eigenvalue weighted by atomic mass is 32.2. The normalized spacial score (nSPS) is 21.4. The van der Waals surface area contributed by atoms with E-state index in [0.717, 1.165) is 55.4 Å². The van der Waals surface area contributed by atoms with Gasteiger partial charge in [-0.2, -0.15) is 0 Å². The van der Waals surface area contributed by atoms with Crippen molar-refractivity contribution in [3.63, 3.8) is 0 Å². The lowest BCUT2D eigenvalue weighted by Gasteiger charge is -2.41. The predicted molar refractivity (Wildman–Crippen MR) is 129 cm³/mol. The van der Waals surface area contributed by atoms with E-state index in [1.165, 1.54) is 0 Å². The van der Waals surface area contributed by atoms with Gasteiger partial charge in [-0.25, -0.2) is 4.79 Å². The van der Waals surface area contributed by atoms with Crippen molar-refractivity contribution in [1.29, 1.82) is 0 Å². The lowest BCUT2D eigenvalue weighted by molar-refractivity contribution is 0.0431. The molecule has 2 atom stereocenters. The van der Waals surface area contributed by atoms with E-state index in [1.807, 2.05) is 54.8 Å². The number of benzene rings is 1. The van der Waals surface area contributed by atoms with Crippen LogP contribution in [0.2, 0.25) is 0 Å². The van der Waals surface area contributed by atoms with Crippen molar-refractivity contribution in [2.24, 2.45) is 0 Å². The number of amides is 1. The Hall–Kier alpha value is -2.09. The molecule has 6 nitrogen and oxygen atoms in total. The van der Waals surface area contributed by atoms with Crippen LogP contribution in [0.4, 0.5) is 4.79 Å². The summed E-state index contributed by atoms with van der Waals surface area (Å²) in [6, 6.07) is 16.6. The van der Waals surface area contributed by atoms with E-state index in [0.29, 0.717) is 11.7 Å². The smallest absolute Gasteiger partial charge is 0.410 e. The first-order valence-electron chi connectivity index (χ1n) is 11.5. The third-order valence-electron chi connectivity index (χ3n) is 5.92. The minimum atomic E-state index is -0.226. The van der Waals surface area contributed by atoms with Gasteiger partial charge in [0.05, 0.1) is 36.3 Å². The molecule has 1 aromatic heterocycles. The largest absolute Gasteiger partial charge is 0.447 e. The Balaban J connectivity index is 1.50. The van der Waals surface area contributed by atoms with Crippen LogP contribution in [0.15, 0.2) is 48.5 Å². The lowest BCUT2D eigenvalue weighted by atomic mass is 9.92. The van der Waals surface area contributed by atoms with Gasteiger partial charge in [0.25, 0.3) is 0 Å². The first-order valence-corrected chi connectivity index (χ1v) is 12.6. The van der Waals surface area contributed by atoms with E-state index in [2.05, 4.69) is 29.6 Å². The Morgan fingerprint density at radius 1 is 1.22 bits per heavy atom. The molecular formula is C25H33N3O3S. The summed E-state index contributed by atoms with van der Waals surface area (Å²) in [5.41, 5.74) is 3.05. The summed E-state index contributed by atoms with van der Waals surface area (Å²) in [5.74, 6) is 0.861. The van der Waals surface area contributed by atoms with Crippen molar-refractivity contribution in [3.8, 4) is 11.3 Å². The van der Waals surface area contributed by atoms with Crippen LogP contribution in [0.5, 0.6) is 0 Å². The fourth-order valence-corrected chi connectivity index (χ4v) is 5.13. The van der Waals surface area contributed by atoms with Gasteiger partial charge in [0.2, 0.25) is 0 Å². The molecule has 172 valence electrons. The third kappa shape index (κ3) is 6.03. The Kier molecular flexibility index (Phi) is 8.05. The molecule has 1 aromatic carbocycles. The number of nitrogens with zero attached hydrogens (tertiary/aromatic N) is 2. The van der Waals surface area contributed by atoms with Gasteiger partial charge in [0, 0.05) is 36.1 Å². The van der Waals surface area contributed by atoms with E-state index in [4.69, 9.17) is 14.5 Å². The van der Waals surface area contributed by atoms with Crippen LogP contribution in [-0.4, -0.2) is 65.1 Å². The molecule has 4 rings (SSSR count). The molecule has 2 aromatic rings. The topological polar surface area (TPSA) is 63.7 Å². The molecule has 1 amide bonds. The average Bonchev–Trinajstić information content (AvgIpc) is 2.76. The number of nitrogens with one attached hydrogen (secondary N) is 1. The Morgan fingerprint density at radius 2 is 2.03 bits per heavy atom. The van der Waals surface area contributed by atoms with Gasteiger partial charge in [-0.15, -0.1) is 11.8 Å². The van der Waals surface area contributed by atoms with Gasteiger partial charge < -0.3 is 19.7 Å². The van der Waals surface area contributed by atoms with Crippen molar-refractivity contribution in [3.05, 3.63) is 54.2 Å². The van der Waals surface area contributed by atoms with Gasteiger partial charge >= 0.3 is 6.09 Å².